The van der Waals surface area contributed by atoms with E-state index in [0.717, 1.165) is 24.3 Å². The quantitative estimate of drug-likeness (QED) is 0.775. The largest absolute Gasteiger partial charge is 0.489 e. The maximum Gasteiger partial charge on any atom is 0.119 e. The zero-order valence-electron chi connectivity index (χ0n) is 14.1. The molecule has 0 aliphatic rings. The Bertz CT molecular complexity index is 658. The summed E-state index contributed by atoms with van der Waals surface area (Å²) in [6.45, 7) is 5.89. The molecule has 2 aromatic carbocycles. The molecule has 0 heterocycles. The van der Waals surface area contributed by atoms with Crippen LogP contribution < -0.4 is 4.74 Å². The number of hydrogen-bond donors (Lipinski definition) is 0. The van der Waals surface area contributed by atoms with Gasteiger partial charge in [-0.2, -0.15) is 5.26 Å². The van der Waals surface area contributed by atoms with Gasteiger partial charge in [-0.15, -0.1) is 0 Å². The molecule has 120 valence electrons. The highest BCUT2D eigenvalue weighted by Gasteiger charge is 2.08. The highest BCUT2D eigenvalue weighted by Crippen LogP contribution is 2.17. The van der Waals surface area contributed by atoms with Crippen molar-refractivity contribution in [2.45, 2.75) is 32.9 Å². The van der Waals surface area contributed by atoms with Crippen LogP contribution in [0.3, 0.4) is 0 Å². The second-order valence-electron chi connectivity index (χ2n) is 5.83. The van der Waals surface area contributed by atoms with E-state index in [1.165, 1.54) is 5.56 Å². The fraction of sp³-hybridized carbons (Fsp3) is 0.350. The predicted octanol–water partition coefficient (Wildman–Crippen LogP) is 4.02. The lowest BCUT2D eigenvalue weighted by molar-refractivity contribution is 0.269. The van der Waals surface area contributed by atoms with Crippen LogP contribution in [0.5, 0.6) is 5.75 Å². The summed E-state index contributed by atoms with van der Waals surface area (Å²) in [4.78, 5) is 2.34. The minimum atomic E-state index is 0.415. The summed E-state index contributed by atoms with van der Waals surface area (Å²) < 4.78 is 5.80. The van der Waals surface area contributed by atoms with Crippen LogP contribution in [0.4, 0.5) is 0 Å². The summed E-state index contributed by atoms with van der Waals surface area (Å²) in [6, 6.07) is 18.5. The van der Waals surface area contributed by atoms with E-state index in [-0.39, 0.29) is 0 Å². The molecule has 0 aromatic heterocycles. The number of likely N-dealkylation sites (N-methyl/N-ethyl adjacent to an activating group) is 1. The molecular weight excluding hydrogens is 284 g/mol. The highest BCUT2D eigenvalue weighted by atomic mass is 16.5. The molecule has 0 fully saturated rings. The van der Waals surface area contributed by atoms with Crippen LogP contribution in [-0.2, 0) is 13.0 Å². The lowest BCUT2D eigenvalue weighted by atomic mass is 10.1. The van der Waals surface area contributed by atoms with Gasteiger partial charge in [0.2, 0.25) is 0 Å². The fourth-order valence-corrected chi connectivity index (χ4v) is 2.45. The molecule has 1 atom stereocenters. The number of nitrogens with zero attached hydrogens (tertiary/aromatic N) is 2. The molecule has 2 aromatic rings. The van der Waals surface area contributed by atoms with Crippen molar-refractivity contribution in [2.75, 3.05) is 13.6 Å². The third kappa shape index (κ3) is 4.84. The Kier molecular flexibility index (Phi) is 6.19. The summed E-state index contributed by atoms with van der Waals surface area (Å²) in [5.74, 6) is 0.831. The first-order valence-corrected chi connectivity index (χ1v) is 8.04. The molecule has 0 amide bonds. The van der Waals surface area contributed by atoms with Crippen molar-refractivity contribution in [3.8, 4) is 11.8 Å². The van der Waals surface area contributed by atoms with Crippen LogP contribution in [0.2, 0.25) is 0 Å². The Morgan fingerprint density at radius 3 is 2.48 bits per heavy atom. The van der Waals surface area contributed by atoms with Gasteiger partial charge in [0, 0.05) is 11.6 Å². The topological polar surface area (TPSA) is 36.3 Å². The number of ether oxygens (including phenoxy) is 1. The van der Waals surface area contributed by atoms with E-state index in [4.69, 9.17) is 10.00 Å². The molecule has 3 nitrogen and oxygen atoms in total. The molecule has 3 heteroatoms. The van der Waals surface area contributed by atoms with Crippen LogP contribution in [0.25, 0.3) is 0 Å². The first-order chi connectivity index (χ1) is 11.1. The second-order valence-corrected chi connectivity index (χ2v) is 5.83. The Balaban J connectivity index is 1.94. The molecule has 0 spiro atoms. The van der Waals surface area contributed by atoms with Gasteiger partial charge in [-0.05, 0) is 50.7 Å². The minimum Gasteiger partial charge on any atom is -0.489 e. The zero-order valence-corrected chi connectivity index (χ0v) is 14.1. The van der Waals surface area contributed by atoms with Gasteiger partial charge in [-0.1, -0.05) is 37.3 Å². The molecule has 0 saturated heterocycles. The van der Waals surface area contributed by atoms with Gasteiger partial charge in [0.1, 0.15) is 12.4 Å². The third-order valence-corrected chi connectivity index (χ3v) is 4.24. The summed E-state index contributed by atoms with van der Waals surface area (Å²) in [5, 5.41) is 9.09. The van der Waals surface area contributed by atoms with Gasteiger partial charge < -0.3 is 9.64 Å². The normalized spacial score (nSPS) is 12.0. The predicted molar refractivity (Wildman–Crippen MR) is 93.4 cm³/mol. The van der Waals surface area contributed by atoms with E-state index >= 15 is 0 Å². The molecule has 0 N–H and O–H groups in total. The molecule has 0 aliphatic heterocycles. The molecule has 0 saturated carbocycles. The number of hydrogen-bond acceptors (Lipinski definition) is 3. The van der Waals surface area contributed by atoms with Crippen molar-refractivity contribution in [1.29, 1.82) is 5.26 Å². The van der Waals surface area contributed by atoms with E-state index in [0.29, 0.717) is 18.2 Å². The molecule has 0 aliphatic carbocycles. The van der Waals surface area contributed by atoms with Gasteiger partial charge in [-0.3, -0.25) is 0 Å². The number of rotatable bonds is 7. The van der Waals surface area contributed by atoms with E-state index in [2.05, 4.69) is 44.0 Å². The fourth-order valence-electron chi connectivity index (χ4n) is 2.45. The second kappa shape index (κ2) is 8.36. The minimum absolute atomic E-state index is 0.415. The lowest BCUT2D eigenvalue weighted by Crippen LogP contribution is -2.30. The molecular formula is C20H24N2O. The van der Waals surface area contributed by atoms with E-state index in [1.807, 2.05) is 36.4 Å². The first kappa shape index (κ1) is 17.1. The monoisotopic (exact) mass is 308 g/mol. The molecule has 2 rings (SSSR count). The van der Waals surface area contributed by atoms with Gasteiger partial charge >= 0.3 is 0 Å². The van der Waals surface area contributed by atoms with Crippen LogP contribution in [0.15, 0.2) is 48.5 Å². The summed E-state index contributed by atoms with van der Waals surface area (Å²) in [5.41, 5.74) is 2.89. The first-order valence-electron chi connectivity index (χ1n) is 8.04. The summed E-state index contributed by atoms with van der Waals surface area (Å²) >= 11 is 0. The van der Waals surface area contributed by atoms with Gasteiger partial charge in [0.15, 0.2) is 0 Å². The molecule has 0 radical (unpaired) electrons. The number of benzene rings is 2. The van der Waals surface area contributed by atoms with Crippen molar-refractivity contribution < 1.29 is 4.74 Å². The van der Waals surface area contributed by atoms with Crippen LogP contribution in [-0.4, -0.2) is 24.5 Å². The van der Waals surface area contributed by atoms with Crippen molar-refractivity contribution in [3.63, 3.8) is 0 Å². The van der Waals surface area contributed by atoms with Crippen molar-refractivity contribution in [3.05, 3.63) is 65.2 Å². The van der Waals surface area contributed by atoms with E-state index in [9.17, 15) is 0 Å². The Morgan fingerprint density at radius 2 is 1.83 bits per heavy atom. The van der Waals surface area contributed by atoms with Crippen LogP contribution in [0, 0.1) is 11.3 Å². The van der Waals surface area contributed by atoms with Crippen molar-refractivity contribution in [2.24, 2.45) is 0 Å². The Hall–Kier alpha value is -2.31. The maximum atomic E-state index is 9.09. The average Bonchev–Trinajstić information content (AvgIpc) is 2.60. The molecule has 23 heavy (non-hydrogen) atoms. The van der Waals surface area contributed by atoms with Crippen LogP contribution >= 0.6 is 0 Å². The van der Waals surface area contributed by atoms with Gasteiger partial charge in [0.05, 0.1) is 11.6 Å². The van der Waals surface area contributed by atoms with E-state index < -0.39 is 0 Å². The number of nitriles is 1. The molecule has 0 unspecified atom stereocenters. The van der Waals surface area contributed by atoms with E-state index in [1.54, 1.807) is 0 Å². The lowest BCUT2D eigenvalue weighted by Gasteiger charge is -2.23. The van der Waals surface area contributed by atoms with Crippen molar-refractivity contribution in [1.82, 2.24) is 4.90 Å². The summed E-state index contributed by atoms with van der Waals surface area (Å²) in [7, 11) is 2.15. The Labute approximate surface area is 139 Å². The standard InChI is InChI=1S/C20H24N2O/c1-4-22(3)16(2)13-17-9-11-20(12-10-17)23-15-19-8-6-5-7-18(19)14-21/h5-12,16H,4,13,15H2,1-3H3/t16-/m1/s1. The van der Waals surface area contributed by atoms with Gasteiger partial charge in [-0.25, -0.2) is 0 Å². The smallest absolute Gasteiger partial charge is 0.119 e. The maximum absolute atomic E-state index is 9.09. The van der Waals surface area contributed by atoms with Crippen LogP contribution in [0.1, 0.15) is 30.5 Å². The highest BCUT2D eigenvalue weighted by molar-refractivity contribution is 5.37. The SMILES string of the molecule is CCN(C)[C@H](C)Cc1ccc(OCc2ccccc2C#N)cc1. The summed E-state index contributed by atoms with van der Waals surface area (Å²) in [6.07, 6.45) is 1.03. The van der Waals surface area contributed by atoms with Gasteiger partial charge in [0.25, 0.3) is 0 Å². The molecule has 0 bridgehead atoms. The third-order valence-electron chi connectivity index (χ3n) is 4.24. The van der Waals surface area contributed by atoms with Crippen molar-refractivity contribution >= 4 is 0 Å². The Morgan fingerprint density at radius 1 is 1.13 bits per heavy atom. The zero-order chi connectivity index (χ0) is 16.7. The average molecular weight is 308 g/mol.